The van der Waals surface area contributed by atoms with Crippen molar-refractivity contribution in [3.8, 4) is 0 Å². The number of esters is 1. The topological polar surface area (TPSA) is 38.3 Å². The number of ether oxygens (including phenoxy) is 1. The van der Waals surface area contributed by atoms with Crippen LogP contribution in [0.3, 0.4) is 0 Å². The van der Waals surface area contributed by atoms with Crippen LogP contribution in [0.5, 0.6) is 0 Å². The van der Waals surface area contributed by atoms with Gasteiger partial charge in [0.15, 0.2) is 0 Å². The van der Waals surface area contributed by atoms with Gasteiger partial charge in [-0.25, -0.2) is 0 Å². The molecule has 0 atom stereocenters. The van der Waals surface area contributed by atoms with Gasteiger partial charge >= 0.3 is 5.97 Å². The van der Waals surface area contributed by atoms with Crippen molar-refractivity contribution in [1.29, 1.82) is 0 Å². The Hall–Kier alpha value is -2.29. The SMILES string of the molecule is CN/C=C/c1ccc2cc(COC(C)=O)ccc2c1. The normalized spacial score (nSPS) is 10.8. The Morgan fingerprint density at radius 2 is 1.95 bits per heavy atom. The van der Waals surface area contributed by atoms with Crippen molar-refractivity contribution in [3.05, 3.63) is 53.7 Å². The smallest absolute Gasteiger partial charge is 0.302 e. The fraction of sp³-hybridized carbons (Fsp3) is 0.188. The minimum absolute atomic E-state index is 0.257. The number of benzene rings is 2. The molecule has 0 fully saturated rings. The van der Waals surface area contributed by atoms with Crippen LogP contribution in [0, 0.1) is 0 Å². The maximum atomic E-state index is 10.8. The van der Waals surface area contributed by atoms with Gasteiger partial charge in [-0.3, -0.25) is 4.79 Å². The fourth-order valence-corrected chi connectivity index (χ4v) is 1.87. The summed E-state index contributed by atoms with van der Waals surface area (Å²) < 4.78 is 5.00. The summed E-state index contributed by atoms with van der Waals surface area (Å²) in [5.41, 5.74) is 2.15. The molecule has 0 spiro atoms. The van der Waals surface area contributed by atoms with Gasteiger partial charge in [-0.05, 0) is 46.3 Å². The van der Waals surface area contributed by atoms with E-state index < -0.39 is 0 Å². The van der Waals surface area contributed by atoms with Crippen LogP contribution in [0.25, 0.3) is 16.8 Å². The summed E-state index contributed by atoms with van der Waals surface area (Å²) in [5.74, 6) is -0.257. The van der Waals surface area contributed by atoms with E-state index in [9.17, 15) is 4.79 Å². The molecule has 2 aromatic rings. The number of carbonyl (C=O) groups is 1. The summed E-state index contributed by atoms with van der Waals surface area (Å²) >= 11 is 0. The monoisotopic (exact) mass is 255 g/mol. The first kappa shape index (κ1) is 13.1. The lowest BCUT2D eigenvalue weighted by molar-refractivity contribution is -0.142. The van der Waals surface area contributed by atoms with Crippen LogP contribution >= 0.6 is 0 Å². The van der Waals surface area contributed by atoms with Crippen molar-refractivity contribution in [2.75, 3.05) is 7.05 Å². The van der Waals surface area contributed by atoms with Gasteiger partial charge in [0.1, 0.15) is 6.61 Å². The van der Waals surface area contributed by atoms with Crippen LogP contribution in [0.15, 0.2) is 42.6 Å². The van der Waals surface area contributed by atoms with Crippen LogP contribution in [0.2, 0.25) is 0 Å². The van der Waals surface area contributed by atoms with E-state index in [1.807, 2.05) is 37.5 Å². The highest BCUT2D eigenvalue weighted by Gasteiger charge is 1.99. The first-order chi connectivity index (χ1) is 9.19. The lowest BCUT2D eigenvalue weighted by Crippen LogP contribution is -1.98. The second kappa shape index (κ2) is 6.05. The number of nitrogens with one attached hydrogen (secondary N) is 1. The Kier molecular flexibility index (Phi) is 4.18. The lowest BCUT2D eigenvalue weighted by Gasteiger charge is -2.05. The molecule has 0 saturated carbocycles. The van der Waals surface area contributed by atoms with E-state index in [0.717, 1.165) is 16.5 Å². The van der Waals surface area contributed by atoms with Crippen molar-refractivity contribution >= 4 is 22.8 Å². The van der Waals surface area contributed by atoms with Crippen LogP contribution in [0.4, 0.5) is 0 Å². The summed E-state index contributed by atoms with van der Waals surface area (Å²) in [6.45, 7) is 1.74. The lowest BCUT2D eigenvalue weighted by atomic mass is 10.0. The Morgan fingerprint density at radius 3 is 2.68 bits per heavy atom. The standard InChI is InChI=1S/C16H17NO2/c1-12(18)19-11-14-4-6-15-9-13(7-8-17-2)3-5-16(15)10-14/h3-10,17H,11H2,1-2H3/b8-7+. The highest BCUT2D eigenvalue weighted by Crippen LogP contribution is 2.19. The van der Waals surface area contributed by atoms with Crippen molar-refractivity contribution in [3.63, 3.8) is 0 Å². The number of fused-ring (bicyclic) bond motifs is 1. The molecule has 98 valence electrons. The zero-order valence-corrected chi connectivity index (χ0v) is 11.1. The molecular weight excluding hydrogens is 238 g/mol. The predicted octanol–water partition coefficient (Wildman–Crippen LogP) is 3.09. The number of hydrogen-bond donors (Lipinski definition) is 1. The van der Waals surface area contributed by atoms with E-state index in [1.165, 1.54) is 12.3 Å². The van der Waals surface area contributed by atoms with Gasteiger partial charge in [-0.1, -0.05) is 24.3 Å². The molecule has 0 amide bonds. The van der Waals surface area contributed by atoms with E-state index in [2.05, 4.69) is 23.5 Å². The van der Waals surface area contributed by atoms with Crippen molar-refractivity contribution < 1.29 is 9.53 Å². The van der Waals surface area contributed by atoms with Gasteiger partial charge in [-0.15, -0.1) is 0 Å². The molecule has 0 bridgehead atoms. The van der Waals surface area contributed by atoms with E-state index in [4.69, 9.17) is 4.74 Å². The highest BCUT2D eigenvalue weighted by atomic mass is 16.5. The van der Waals surface area contributed by atoms with Gasteiger partial charge in [0, 0.05) is 14.0 Å². The molecule has 0 aliphatic heterocycles. The largest absolute Gasteiger partial charge is 0.461 e. The van der Waals surface area contributed by atoms with Gasteiger partial charge in [0.2, 0.25) is 0 Å². The fourth-order valence-electron chi connectivity index (χ4n) is 1.87. The number of carbonyl (C=O) groups excluding carboxylic acids is 1. The van der Waals surface area contributed by atoms with Crippen LogP contribution in [-0.4, -0.2) is 13.0 Å². The Balaban J connectivity index is 2.24. The molecule has 19 heavy (non-hydrogen) atoms. The summed E-state index contributed by atoms with van der Waals surface area (Å²) in [6, 6.07) is 12.3. The molecule has 0 aliphatic rings. The van der Waals surface area contributed by atoms with Gasteiger partial charge in [-0.2, -0.15) is 0 Å². The first-order valence-corrected chi connectivity index (χ1v) is 6.19. The van der Waals surface area contributed by atoms with Crippen molar-refractivity contribution in [1.82, 2.24) is 5.32 Å². The second-order valence-electron chi connectivity index (χ2n) is 4.34. The minimum Gasteiger partial charge on any atom is -0.461 e. The number of hydrogen-bond acceptors (Lipinski definition) is 3. The highest BCUT2D eigenvalue weighted by molar-refractivity contribution is 5.85. The summed E-state index contributed by atoms with van der Waals surface area (Å²) in [4.78, 5) is 10.8. The third kappa shape index (κ3) is 3.58. The molecule has 0 unspecified atom stereocenters. The zero-order valence-electron chi connectivity index (χ0n) is 11.1. The number of rotatable bonds is 4. The van der Waals surface area contributed by atoms with E-state index in [0.29, 0.717) is 6.61 Å². The molecule has 0 radical (unpaired) electrons. The van der Waals surface area contributed by atoms with Crippen LogP contribution < -0.4 is 5.32 Å². The van der Waals surface area contributed by atoms with Crippen molar-refractivity contribution in [2.24, 2.45) is 0 Å². The molecule has 3 nitrogen and oxygen atoms in total. The average molecular weight is 255 g/mol. The van der Waals surface area contributed by atoms with E-state index in [-0.39, 0.29) is 5.97 Å². The van der Waals surface area contributed by atoms with Crippen LogP contribution in [0.1, 0.15) is 18.1 Å². The second-order valence-corrected chi connectivity index (χ2v) is 4.34. The molecule has 1 N–H and O–H groups in total. The molecule has 3 heteroatoms. The molecule has 2 rings (SSSR count). The minimum atomic E-state index is -0.257. The molecule has 0 aromatic heterocycles. The quantitative estimate of drug-likeness (QED) is 0.853. The van der Waals surface area contributed by atoms with E-state index >= 15 is 0 Å². The van der Waals surface area contributed by atoms with Crippen LogP contribution in [-0.2, 0) is 16.1 Å². The average Bonchev–Trinajstić information content (AvgIpc) is 2.42. The third-order valence-electron chi connectivity index (χ3n) is 2.81. The molecular formula is C16H17NO2. The molecule has 0 aliphatic carbocycles. The maximum Gasteiger partial charge on any atom is 0.302 e. The predicted molar refractivity (Wildman–Crippen MR) is 77.5 cm³/mol. The zero-order chi connectivity index (χ0) is 13.7. The van der Waals surface area contributed by atoms with E-state index in [1.54, 1.807) is 0 Å². The first-order valence-electron chi connectivity index (χ1n) is 6.19. The Labute approximate surface area is 112 Å². The molecule has 2 aromatic carbocycles. The summed E-state index contributed by atoms with van der Waals surface area (Å²) in [5, 5.41) is 5.29. The summed E-state index contributed by atoms with van der Waals surface area (Å²) in [7, 11) is 1.87. The van der Waals surface area contributed by atoms with Gasteiger partial charge in [0.25, 0.3) is 0 Å². The van der Waals surface area contributed by atoms with Gasteiger partial charge in [0.05, 0.1) is 0 Å². The Bertz CT molecular complexity index is 617. The van der Waals surface area contributed by atoms with Gasteiger partial charge < -0.3 is 10.1 Å². The van der Waals surface area contributed by atoms with Crippen molar-refractivity contribution in [2.45, 2.75) is 13.5 Å². The molecule has 0 heterocycles. The Morgan fingerprint density at radius 1 is 1.21 bits per heavy atom. The third-order valence-corrected chi connectivity index (χ3v) is 2.81. The molecule has 0 saturated heterocycles. The maximum absolute atomic E-state index is 10.8. The summed E-state index contributed by atoms with van der Waals surface area (Å²) in [6.07, 6.45) is 3.92.